The predicted octanol–water partition coefficient (Wildman–Crippen LogP) is 2.99. The molecule has 0 aliphatic rings. The summed E-state index contributed by atoms with van der Waals surface area (Å²) in [7, 11) is 0. The molecule has 0 saturated heterocycles. The molecule has 23 heavy (non-hydrogen) atoms. The van der Waals surface area contributed by atoms with Gasteiger partial charge in [0.25, 0.3) is 5.91 Å². The van der Waals surface area contributed by atoms with Crippen LogP contribution in [-0.4, -0.2) is 18.5 Å². The maximum atomic E-state index is 13.4. The number of benzene rings is 2. The van der Waals surface area contributed by atoms with Crippen molar-refractivity contribution in [2.75, 3.05) is 6.61 Å². The van der Waals surface area contributed by atoms with Crippen LogP contribution in [0.4, 0.5) is 4.39 Å². The van der Waals surface area contributed by atoms with E-state index in [1.165, 1.54) is 6.07 Å². The molecule has 0 fully saturated rings. The molecule has 0 atom stereocenters. The summed E-state index contributed by atoms with van der Waals surface area (Å²) < 4.78 is 19.2. The summed E-state index contributed by atoms with van der Waals surface area (Å²) in [4.78, 5) is 23.3. The minimum Gasteiger partial charge on any atom is -0.455 e. The lowest BCUT2D eigenvalue weighted by molar-refractivity contribution is -0.147. The fourth-order valence-corrected chi connectivity index (χ4v) is 2.12. The Bertz CT molecular complexity index is 688. The Hall–Kier alpha value is -2.21. The van der Waals surface area contributed by atoms with Crippen molar-refractivity contribution in [2.24, 2.45) is 0 Å². The van der Waals surface area contributed by atoms with E-state index in [0.717, 1.165) is 10.0 Å². The molecule has 2 aromatic carbocycles. The minimum atomic E-state index is -0.492. The van der Waals surface area contributed by atoms with Crippen LogP contribution < -0.4 is 5.32 Å². The maximum absolute atomic E-state index is 13.4. The molecule has 1 amide bonds. The van der Waals surface area contributed by atoms with Gasteiger partial charge in [-0.1, -0.05) is 46.3 Å². The molecule has 0 aliphatic heterocycles. The first-order valence-corrected chi connectivity index (χ1v) is 7.74. The van der Waals surface area contributed by atoms with Gasteiger partial charge < -0.3 is 10.1 Å². The highest BCUT2D eigenvalue weighted by atomic mass is 79.9. The van der Waals surface area contributed by atoms with E-state index in [9.17, 15) is 14.0 Å². The van der Waals surface area contributed by atoms with Crippen molar-refractivity contribution < 1.29 is 18.7 Å². The molecular weight excluding hydrogens is 365 g/mol. The zero-order valence-electron chi connectivity index (χ0n) is 12.2. The Morgan fingerprint density at radius 3 is 2.48 bits per heavy atom. The lowest BCUT2D eigenvalue weighted by Gasteiger charge is -2.07. The zero-order chi connectivity index (χ0) is 16.7. The number of carbonyl (C=O) groups excluding carboxylic acids is 2. The van der Waals surface area contributed by atoms with E-state index in [2.05, 4.69) is 21.2 Å². The van der Waals surface area contributed by atoms with Crippen molar-refractivity contribution in [1.29, 1.82) is 0 Å². The molecule has 2 rings (SSSR count). The molecule has 120 valence electrons. The number of halogens is 2. The Morgan fingerprint density at radius 2 is 1.78 bits per heavy atom. The number of carbonyl (C=O) groups is 2. The first-order valence-electron chi connectivity index (χ1n) is 6.95. The van der Waals surface area contributed by atoms with E-state index < -0.39 is 11.9 Å². The average molecular weight is 380 g/mol. The van der Waals surface area contributed by atoms with Gasteiger partial charge in [-0.05, 0) is 23.8 Å². The number of amides is 1. The van der Waals surface area contributed by atoms with Crippen molar-refractivity contribution >= 4 is 27.8 Å². The highest BCUT2D eigenvalue weighted by Crippen LogP contribution is 2.11. The lowest BCUT2D eigenvalue weighted by Crippen LogP contribution is -2.29. The molecule has 6 heteroatoms. The number of hydrogen-bond donors (Lipinski definition) is 1. The van der Waals surface area contributed by atoms with Crippen molar-refractivity contribution in [2.45, 2.75) is 13.0 Å². The van der Waals surface area contributed by atoms with Crippen LogP contribution in [0.2, 0.25) is 0 Å². The second kappa shape index (κ2) is 8.43. The summed E-state index contributed by atoms with van der Waals surface area (Å²) >= 11 is 3.31. The Labute approximate surface area is 141 Å². The van der Waals surface area contributed by atoms with Crippen LogP contribution in [0.1, 0.15) is 11.1 Å². The van der Waals surface area contributed by atoms with Gasteiger partial charge in [-0.2, -0.15) is 0 Å². The first-order chi connectivity index (χ1) is 11.0. The van der Waals surface area contributed by atoms with Gasteiger partial charge in [0.1, 0.15) is 5.82 Å². The van der Waals surface area contributed by atoms with Gasteiger partial charge >= 0.3 is 5.97 Å². The summed E-state index contributed by atoms with van der Waals surface area (Å²) in [6.07, 6.45) is 0.0911. The van der Waals surface area contributed by atoms with Crippen LogP contribution in [0.5, 0.6) is 0 Å². The van der Waals surface area contributed by atoms with E-state index >= 15 is 0 Å². The van der Waals surface area contributed by atoms with Gasteiger partial charge in [0.2, 0.25) is 0 Å². The second-order valence-electron chi connectivity index (χ2n) is 4.83. The molecule has 0 aromatic heterocycles. The standard InChI is InChI=1S/C17H15BrFNO3/c18-14-7-5-12(6-8-14)9-17(22)23-11-16(21)20-10-13-3-1-2-4-15(13)19/h1-8H,9-11H2,(H,20,21). The van der Waals surface area contributed by atoms with Crippen molar-refractivity contribution in [3.05, 3.63) is 69.9 Å². The lowest BCUT2D eigenvalue weighted by atomic mass is 10.2. The van der Waals surface area contributed by atoms with Crippen LogP contribution in [0.25, 0.3) is 0 Å². The maximum Gasteiger partial charge on any atom is 0.310 e. The van der Waals surface area contributed by atoms with Crippen LogP contribution in [-0.2, 0) is 27.3 Å². The SMILES string of the molecule is O=C(COC(=O)Cc1ccc(Br)cc1)NCc1ccccc1F. The number of esters is 1. The number of nitrogens with one attached hydrogen (secondary N) is 1. The molecule has 4 nitrogen and oxygen atoms in total. The van der Waals surface area contributed by atoms with Crippen LogP contribution in [0, 0.1) is 5.82 Å². The van der Waals surface area contributed by atoms with Crippen molar-refractivity contribution in [1.82, 2.24) is 5.32 Å². The van der Waals surface area contributed by atoms with E-state index in [-0.39, 0.29) is 25.4 Å². The third-order valence-electron chi connectivity index (χ3n) is 3.06. The molecule has 0 aliphatic carbocycles. The number of ether oxygens (including phenoxy) is 1. The number of rotatable bonds is 6. The molecule has 0 radical (unpaired) electrons. The summed E-state index contributed by atoms with van der Waals surface area (Å²) in [5.41, 5.74) is 1.17. The Kier molecular flexibility index (Phi) is 6.29. The fraction of sp³-hybridized carbons (Fsp3) is 0.176. The highest BCUT2D eigenvalue weighted by Gasteiger charge is 2.09. The minimum absolute atomic E-state index is 0.0514. The molecule has 0 unspecified atom stereocenters. The third kappa shape index (κ3) is 5.83. The van der Waals surface area contributed by atoms with Crippen molar-refractivity contribution in [3.63, 3.8) is 0 Å². The summed E-state index contributed by atoms with van der Waals surface area (Å²) in [5, 5.41) is 2.50. The zero-order valence-corrected chi connectivity index (χ0v) is 13.8. The second-order valence-corrected chi connectivity index (χ2v) is 5.75. The molecule has 0 bridgehead atoms. The van der Waals surface area contributed by atoms with Crippen LogP contribution >= 0.6 is 15.9 Å². The Balaban J connectivity index is 1.72. The summed E-state index contributed by atoms with van der Waals surface area (Å²) in [6, 6.07) is 13.4. The first kappa shape index (κ1) is 17.1. The van der Waals surface area contributed by atoms with Gasteiger partial charge in [-0.3, -0.25) is 9.59 Å². The van der Waals surface area contributed by atoms with Gasteiger partial charge in [-0.15, -0.1) is 0 Å². The Morgan fingerprint density at radius 1 is 1.09 bits per heavy atom. The normalized spacial score (nSPS) is 10.2. The van der Waals surface area contributed by atoms with E-state index in [4.69, 9.17) is 4.74 Å². The smallest absolute Gasteiger partial charge is 0.310 e. The largest absolute Gasteiger partial charge is 0.455 e. The van der Waals surface area contributed by atoms with E-state index in [1.54, 1.807) is 30.3 Å². The molecule has 0 saturated carbocycles. The molecule has 2 aromatic rings. The predicted molar refractivity (Wildman–Crippen MR) is 87.1 cm³/mol. The van der Waals surface area contributed by atoms with Gasteiger partial charge in [-0.25, -0.2) is 4.39 Å². The summed E-state index contributed by atoms with van der Waals surface area (Å²) in [5.74, 6) is -1.36. The van der Waals surface area contributed by atoms with Gasteiger partial charge in [0.05, 0.1) is 6.42 Å². The average Bonchev–Trinajstić information content (AvgIpc) is 2.54. The molecule has 1 N–H and O–H groups in total. The van der Waals surface area contributed by atoms with E-state index in [0.29, 0.717) is 5.56 Å². The number of hydrogen-bond acceptors (Lipinski definition) is 3. The van der Waals surface area contributed by atoms with Crippen LogP contribution in [0.3, 0.4) is 0 Å². The molecular formula is C17H15BrFNO3. The molecule has 0 spiro atoms. The van der Waals surface area contributed by atoms with Gasteiger partial charge in [0, 0.05) is 16.6 Å². The van der Waals surface area contributed by atoms with Crippen molar-refractivity contribution in [3.8, 4) is 0 Å². The van der Waals surface area contributed by atoms with E-state index in [1.807, 2.05) is 12.1 Å². The highest BCUT2D eigenvalue weighted by molar-refractivity contribution is 9.10. The quantitative estimate of drug-likeness (QED) is 0.784. The topological polar surface area (TPSA) is 55.4 Å². The molecule has 0 heterocycles. The summed E-state index contributed by atoms with van der Waals surface area (Å²) in [6.45, 7) is -0.334. The third-order valence-corrected chi connectivity index (χ3v) is 3.59. The fourth-order valence-electron chi connectivity index (χ4n) is 1.85. The van der Waals surface area contributed by atoms with Gasteiger partial charge in [0.15, 0.2) is 6.61 Å². The van der Waals surface area contributed by atoms with Crippen LogP contribution in [0.15, 0.2) is 53.0 Å². The monoisotopic (exact) mass is 379 g/mol.